The number of carbonyl (C=O) groups is 5. The summed E-state index contributed by atoms with van der Waals surface area (Å²) in [5.41, 5.74) is 10.9. The van der Waals surface area contributed by atoms with Gasteiger partial charge in [-0.3, -0.25) is 19.2 Å². The van der Waals surface area contributed by atoms with Gasteiger partial charge in [0, 0.05) is 6.42 Å². The smallest absolute Gasteiger partial charge is 0.328 e. The van der Waals surface area contributed by atoms with Crippen LogP contribution in [-0.2, 0) is 24.0 Å². The summed E-state index contributed by atoms with van der Waals surface area (Å²) in [4.78, 5) is 59.7. The zero-order valence-electron chi connectivity index (χ0n) is 17.9. The minimum Gasteiger partial charge on any atom is -0.480 e. The number of aliphatic hydroxyl groups is 1. The Morgan fingerprint density at radius 2 is 1.39 bits per heavy atom. The highest BCUT2D eigenvalue weighted by molar-refractivity contribution is 7.98. The highest BCUT2D eigenvalue weighted by Crippen LogP contribution is 2.06. The summed E-state index contributed by atoms with van der Waals surface area (Å²) in [6, 6.07) is -4.72. The van der Waals surface area contributed by atoms with E-state index in [1.165, 1.54) is 11.8 Å². The second-order valence-corrected chi connectivity index (χ2v) is 8.25. The summed E-state index contributed by atoms with van der Waals surface area (Å²) < 4.78 is 0. The van der Waals surface area contributed by atoms with Crippen molar-refractivity contribution in [2.45, 2.75) is 57.3 Å². The number of carbonyl (C=O) groups excluding carboxylic acids is 4. The number of nitrogens with two attached hydrogens (primary N) is 2. The summed E-state index contributed by atoms with van der Waals surface area (Å²) in [5.74, 6) is -3.96. The maximum Gasteiger partial charge on any atom is 0.328 e. The summed E-state index contributed by atoms with van der Waals surface area (Å²) in [5, 5.41) is 25.2. The van der Waals surface area contributed by atoms with Crippen LogP contribution in [0, 0.1) is 5.92 Å². The normalized spacial score (nSPS) is 14.8. The molecule has 9 N–H and O–H groups in total. The minimum atomic E-state index is -1.59. The molecule has 0 aromatic heterocycles. The van der Waals surface area contributed by atoms with Crippen molar-refractivity contribution in [1.29, 1.82) is 0 Å². The van der Waals surface area contributed by atoms with Gasteiger partial charge >= 0.3 is 5.97 Å². The molecule has 178 valence electrons. The molecule has 4 unspecified atom stereocenters. The molecule has 0 aromatic rings. The third-order valence-corrected chi connectivity index (χ3v) is 5.02. The molecule has 0 bridgehead atoms. The predicted molar refractivity (Wildman–Crippen MR) is 115 cm³/mol. The zero-order valence-corrected chi connectivity index (χ0v) is 18.7. The standard InChI is InChI=1S/C18H33N5O7S/c1-9(2)14(20)17(28)22-11(6-7-31-3)16(27)21-10(4-5-13(19)25)15(26)23-12(8-24)18(29)30/h9-12,14,24H,4-8,20H2,1-3H3,(H2,19,25)(H,21,27)(H,22,28)(H,23,26)(H,29,30). The van der Waals surface area contributed by atoms with Gasteiger partial charge in [-0.1, -0.05) is 13.8 Å². The molecule has 0 aliphatic carbocycles. The van der Waals surface area contributed by atoms with E-state index >= 15 is 0 Å². The van der Waals surface area contributed by atoms with Gasteiger partial charge in [0.1, 0.15) is 18.1 Å². The highest BCUT2D eigenvalue weighted by Gasteiger charge is 2.30. The number of carboxylic acid groups (broad SMARTS) is 1. The van der Waals surface area contributed by atoms with Gasteiger partial charge < -0.3 is 37.6 Å². The number of primary amides is 1. The topological polar surface area (TPSA) is 214 Å². The molecule has 31 heavy (non-hydrogen) atoms. The zero-order chi connectivity index (χ0) is 24.1. The van der Waals surface area contributed by atoms with Crippen molar-refractivity contribution >= 4 is 41.4 Å². The summed E-state index contributed by atoms with van der Waals surface area (Å²) in [6.45, 7) is 2.65. The van der Waals surface area contributed by atoms with Crippen LogP contribution in [0.15, 0.2) is 0 Å². The van der Waals surface area contributed by atoms with Crippen LogP contribution < -0.4 is 27.4 Å². The van der Waals surface area contributed by atoms with Crippen molar-refractivity contribution in [3.8, 4) is 0 Å². The van der Waals surface area contributed by atoms with Crippen LogP contribution in [0.5, 0.6) is 0 Å². The first-order chi connectivity index (χ1) is 14.4. The Morgan fingerprint density at radius 3 is 1.81 bits per heavy atom. The summed E-state index contributed by atoms with van der Waals surface area (Å²) in [7, 11) is 0. The summed E-state index contributed by atoms with van der Waals surface area (Å²) >= 11 is 1.45. The molecule has 0 spiro atoms. The minimum absolute atomic E-state index is 0.162. The number of hydrogen-bond acceptors (Lipinski definition) is 8. The van der Waals surface area contributed by atoms with E-state index in [1.807, 2.05) is 6.26 Å². The number of aliphatic hydroxyl groups excluding tert-OH is 1. The average Bonchev–Trinajstić information content (AvgIpc) is 2.70. The molecule has 4 atom stereocenters. The summed E-state index contributed by atoms with van der Waals surface area (Å²) in [6.07, 6.45) is 1.62. The van der Waals surface area contributed by atoms with E-state index in [0.717, 1.165) is 0 Å². The first-order valence-corrected chi connectivity index (χ1v) is 11.1. The lowest BCUT2D eigenvalue weighted by Crippen LogP contribution is -2.58. The number of nitrogens with one attached hydrogen (secondary N) is 3. The molecule has 0 saturated carbocycles. The first-order valence-electron chi connectivity index (χ1n) is 9.72. The Labute approximate surface area is 185 Å². The van der Waals surface area contributed by atoms with Crippen molar-refractivity contribution in [3.63, 3.8) is 0 Å². The number of thioether (sulfide) groups is 1. The Morgan fingerprint density at radius 1 is 0.903 bits per heavy atom. The second-order valence-electron chi connectivity index (χ2n) is 7.26. The maximum absolute atomic E-state index is 12.8. The molecule has 0 radical (unpaired) electrons. The monoisotopic (exact) mass is 463 g/mol. The molecular weight excluding hydrogens is 430 g/mol. The van der Waals surface area contributed by atoms with Crippen LogP contribution in [0.1, 0.15) is 33.1 Å². The number of amides is 4. The van der Waals surface area contributed by atoms with Gasteiger partial charge in [-0.05, 0) is 30.8 Å². The van der Waals surface area contributed by atoms with Gasteiger partial charge in [0.15, 0.2) is 0 Å². The number of carboxylic acids is 1. The van der Waals surface area contributed by atoms with Gasteiger partial charge in [0.05, 0.1) is 12.6 Å². The lowest BCUT2D eigenvalue weighted by molar-refractivity contribution is -0.143. The maximum atomic E-state index is 12.8. The second kappa shape index (κ2) is 14.6. The molecule has 0 fully saturated rings. The number of hydrogen-bond donors (Lipinski definition) is 7. The molecule has 0 rings (SSSR count). The van der Waals surface area contributed by atoms with Gasteiger partial charge in [0.2, 0.25) is 23.6 Å². The Hall–Kier alpha value is -2.38. The third kappa shape index (κ3) is 11.0. The lowest BCUT2D eigenvalue weighted by atomic mass is 10.0. The molecule has 0 aromatic carbocycles. The van der Waals surface area contributed by atoms with Gasteiger partial charge in [0.25, 0.3) is 0 Å². The number of aliphatic carboxylic acids is 1. The Kier molecular flexibility index (Phi) is 13.5. The van der Waals surface area contributed by atoms with Gasteiger partial charge in [-0.15, -0.1) is 0 Å². The van der Waals surface area contributed by atoms with Crippen LogP contribution >= 0.6 is 11.8 Å². The molecule has 4 amide bonds. The van der Waals surface area contributed by atoms with Crippen molar-refractivity contribution < 1.29 is 34.2 Å². The van der Waals surface area contributed by atoms with E-state index < -0.39 is 60.4 Å². The Balaban J connectivity index is 5.43. The fourth-order valence-corrected chi connectivity index (χ4v) is 2.83. The third-order valence-electron chi connectivity index (χ3n) is 4.37. The SMILES string of the molecule is CSCCC(NC(=O)C(N)C(C)C)C(=O)NC(CCC(N)=O)C(=O)NC(CO)C(=O)O. The van der Waals surface area contributed by atoms with Crippen molar-refractivity contribution in [2.75, 3.05) is 18.6 Å². The van der Waals surface area contributed by atoms with E-state index in [4.69, 9.17) is 21.7 Å². The van der Waals surface area contributed by atoms with Crippen LogP contribution in [0.25, 0.3) is 0 Å². The fraction of sp³-hybridized carbons (Fsp3) is 0.722. The van der Waals surface area contributed by atoms with Crippen molar-refractivity contribution in [1.82, 2.24) is 16.0 Å². The van der Waals surface area contributed by atoms with E-state index in [2.05, 4.69) is 16.0 Å². The molecule has 12 nitrogen and oxygen atoms in total. The van der Waals surface area contributed by atoms with E-state index in [-0.39, 0.29) is 25.2 Å². The molecule has 0 saturated heterocycles. The van der Waals surface area contributed by atoms with Crippen LogP contribution in [0.4, 0.5) is 0 Å². The lowest BCUT2D eigenvalue weighted by Gasteiger charge is -2.25. The van der Waals surface area contributed by atoms with Crippen LogP contribution in [0.3, 0.4) is 0 Å². The molecular formula is C18H33N5O7S. The first kappa shape index (κ1) is 28.6. The number of rotatable bonds is 15. The van der Waals surface area contributed by atoms with Crippen molar-refractivity contribution in [2.24, 2.45) is 17.4 Å². The van der Waals surface area contributed by atoms with Gasteiger partial charge in [-0.2, -0.15) is 11.8 Å². The highest BCUT2D eigenvalue weighted by atomic mass is 32.2. The quantitative estimate of drug-likeness (QED) is 0.137. The van der Waals surface area contributed by atoms with Crippen LogP contribution in [0.2, 0.25) is 0 Å². The fourth-order valence-electron chi connectivity index (χ4n) is 2.36. The van der Waals surface area contributed by atoms with Crippen molar-refractivity contribution in [3.05, 3.63) is 0 Å². The largest absolute Gasteiger partial charge is 0.480 e. The predicted octanol–water partition coefficient (Wildman–Crippen LogP) is -2.48. The van der Waals surface area contributed by atoms with E-state index in [9.17, 15) is 24.0 Å². The van der Waals surface area contributed by atoms with E-state index in [0.29, 0.717) is 5.75 Å². The molecule has 0 aliphatic heterocycles. The molecule has 0 aliphatic rings. The Bertz CT molecular complexity index is 647. The molecule has 0 heterocycles. The molecule has 13 heteroatoms. The van der Waals surface area contributed by atoms with Gasteiger partial charge in [-0.25, -0.2) is 4.79 Å². The average molecular weight is 464 g/mol. The van der Waals surface area contributed by atoms with Crippen LogP contribution in [-0.4, -0.2) is 82.6 Å². The van der Waals surface area contributed by atoms with E-state index in [1.54, 1.807) is 13.8 Å².